The van der Waals surface area contributed by atoms with Crippen molar-refractivity contribution in [1.82, 2.24) is 4.31 Å². The summed E-state index contributed by atoms with van der Waals surface area (Å²) < 4.78 is 31.6. The fourth-order valence-corrected chi connectivity index (χ4v) is 5.18. The molecule has 1 saturated carbocycles. The first-order chi connectivity index (χ1) is 9.90. The Morgan fingerprint density at radius 1 is 1.29 bits per heavy atom. The van der Waals surface area contributed by atoms with Gasteiger partial charge in [-0.15, -0.1) is 0 Å². The van der Waals surface area contributed by atoms with E-state index in [1.54, 1.807) is 0 Å². The zero-order valence-corrected chi connectivity index (χ0v) is 13.3. The fourth-order valence-electron chi connectivity index (χ4n) is 3.18. The van der Waals surface area contributed by atoms with Crippen LogP contribution in [0.3, 0.4) is 0 Å². The van der Waals surface area contributed by atoms with Gasteiger partial charge in [0.05, 0.1) is 18.5 Å². The summed E-state index contributed by atoms with van der Waals surface area (Å²) in [6.45, 7) is 2.59. The van der Waals surface area contributed by atoms with Crippen LogP contribution in [0.4, 0.5) is 0 Å². The smallest absolute Gasteiger partial charge is 0.322 e. The van der Waals surface area contributed by atoms with Crippen LogP contribution in [0.5, 0.6) is 0 Å². The maximum atomic E-state index is 12.4. The van der Waals surface area contributed by atoms with Gasteiger partial charge in [-0.25, -0.2) is 8.42 Å². The molecule has 1 aliphatic carbocycles. The average molecular weight is 319 g/mol. The Morgan fingerprint density at radius 2 is 1.95 bits per heavy atom. The predicted molar refractivity (Wildman–Crippen MR) is 78.5 cm³/mol. The Kier molecular flexibility index (Phi) is 5.62. The van der Waals surface area contributed by atoms with Gasteiger partial charge in [-0.1, -0.05) is 19.8 Å². The zero-order chi connectivity index (χ0) is 15.5. The molecule has 2 fully saturated rings. The quantitative estimate of drug-likeness (QED) is 0.768. The molecular weight excluding hydrogens is 294 g/mol. The molecule has 0 aromatic heterocycles. The number of carbonyl (C=O) groups is 1. The second kappa shape index (κ2) is 7.07. The van der Waals surface area contributed by atoms with Gasteiger partial charge in [0.1, 0.15) is 6.04 Å². The van der Waals surface area contributed by atoms with Crippen molar-refractivity contribution in [2.75, 3.05) is 18.9 Å². The first-order valence-corrected chi connectivity index (χ1v) is 9.35. The van der Waals surface area contributed by atoms with E-state index in [4.69, 9.17) is 9.84 Å². The van der Waals surface area contributed by atoms with Gasteiger partial charge in [-0.2, -0.15) is 4.31 Å². The summed E-state index contributed by atoms with van der Waals surface area (Å²) in [6.07, 6.45) is 5.79. The lowest BCUT2D eigenvalue weighted by Crippen LogP contribution is -2.42. The molecule has 1 unspecified atom stereocenters. The molecule has 0 bridgehead atoms. The minimum absolute atomic E-state index is 0.0382. The summed E-state index contributed by atoms with van der Waals surface area (Å²) in [5.41, 5.74) is 0. The van der Waals surface area contributed by atoms with Crippen LogP contribution in [0.1, 0.15) is 45.4 Å². The first-order valence-electron chi connectivity index (χ1n) is 7.74. The van der Waals surface area contributed by atoms with Gasteiger partial charge in [0.25, 0.3) is 0 Å². The van der Waals surface area contributed by atoms with Crippen LogP contribution in [-0.4, -0.2) is 54.8 Å². The molecule has 1 N–H and O–H groups in total. The lowest BCUT2D eigenvalue weighted by molar-refractivity contribution is -0.140. The molecular formula is C14H25NO5S. The topological polar surface area (TPSA) is 83.9 Å². The Bertz CT molecular complexity index is 458. The Morgan fingerprint density at radius 3 is 2.57 bits per heavy atom. The third-order valence-electron chi connectivity index (χ3n) is 4.26. The molecule has 1 aliphatic heterocycles. The van der Waals surface area contributed by atoms with E-state index in [0.717, 1.165) is 17.1 Å². The van der Waals surface area contributed by atoms with E-state index in [-0.39, 0.29) is 17.8 Å². The highest BCUT2D eigenvalue weighted by atomic mass is 32.2. The molecule has 1 saturated heterocycles. The van der Waals surface area contributed by atoms with Crippen LogP contribution < -0.4 is 0 Å². The third-order valence-corrected chi connectivity index (χ3v) is 6.40. The summed E-state index contributed by atoms with van der Waals surface area (Å²) in [7, 11) is -3.53. The summed E-state index contributed by atoms with van der Waals surface area (Å²) in [6, 6.07) is -0.891. The molecule has 7 heteroatoms. The van der Waals surface area contributed by atoms with Crippen molar-refractivity contribution >= 4 is 16.0 Å². The molecule has 21 heavy (non-hydrogen) atoms. The van der Waals surface area contributed by atoms with Gasteiger partial charge >= 0.3 is 5.97 Å². The molecule has 6 nitrogen and oxygen atoms in total. The summed E-state index contributed by atoms with van der Waals surface area (Å²) in [5, 5.41) is 9.10. The van der Waals surface area contributed by atoms with E-state index in [2.05, 4.69) is 0 Å². The standard InChI is InChI=1S/C14H25NO5S/c1-11(9-20-12-5-2-3-6-12)10-21(18,19)15-8-4-7-13(15)14(16)17/h11-13H,2-10H2,1H3,(H,16,17)/t11?,13-/m0/s1. The van der Waals surface area contributed by atoms with Gasteiger partial charge < -0.3 is 9.84 Å². The molecule has 0 spiro atoms. The van der Waals surface area contributed by atoms with E-state index < -0.39 is 22.0 Å². The summed E-state index contributed by atoms with van der Waals surface area (Å²) in [5.74, 6) is -1.21. The molecule has 0 radical (unpaired) electrons. The SMILES string of the molecule is CC(COC1CCCC1)CS(=O)(=O)N1CCC[C@H]1C(=O)O. The van der Waals surface area contributed by atoms with Gasteiger partial charge in [0, 0.05) is 6.54 Å². The number of hydrogen-bond donors (Lipinski definition) is 1. The molecule has 122 valence electrons. The average Bonchev–Trinajstić information content (AvgIpc) is 3.07. The number of rotatable bonds is 7. The minimum Gasteiger partial charge on any atom is -0.480 e. The fraction of sp³-hybridized carbons (Fsp3) is 0.929. The largest absolute Gasteiger partial charge is 0.480 e. The number of ether oxygens (including phenoxy) is 1. The van der Waals surface area contributed by atoms with Crippen molar-refractivity contribution in [1.29, 1.82) is 0 Å². The van der Waals surface area contributed by atoms with E-state index >= 15 is 0 Å². The normalized spacial score (nSPS) is 26.2. The van der Waals surface area contributed by atoms with Gasteiger partial charge in [0.2, 0.25) is 10.0 Å². The third kappa shape index (κ3) is 4.40. The van der Waals surface area contributed by atoms with Crippen molar-refractivity contribution in [3.8, 4) is 0 Å². The summed E-state index contributed by atoms with van der Waals surface area (Å²) >= 11 is 0. The number of hydrogen-bond acceptors (Lipinski definition) is 4. The van der Waals surface area contributed by atoms with Crippen LogP contribution in [0, 0.1) is 5.92 Å². The number of sulfonamides is 1. The minimum atomic E-state index is -3.53. The molecule has 1 heterocycles. The molecule has 2 aliphatic rings. The Balaban J connectivity index is 1.85. The van der Waals surface area contributed by atoms with Crippen LogP contribution >= 0.6 is 0 Å². The molecule has 2 rings (SSSR count). The molecule has 2 atom stereocenters. The maximum Gasteiger partial charge on any atom is 0.322 e. The van der Waals surface area contributed by atoms with Crippen molar-refractivity contribution in [2.24, 2.45) is 5.92 Å². The monoisotopic (exact) mass is 319 g/mol. The van der Waals surface area contributed by atoms with E-state index in [9.17, 15) is 13.2 Å². The predicted octanol–water partition coefficient (Wildman–Crippen LogP) is 1.46. The second-order valence-corrected chi connectivity index (χ2v) is 8.20. The van der Waals surface area contributed by atoms with Gasteiger partial charge in [-0.05, 0) is 31.6 Å². The van der Waals surface area contributed by atoms with Gasteiger partial charge in [0.15, 0.2) is 0 Å². The highest BCUT2D eigenvalue weighted by Crippen LogP contribution is 2.24. The van der Waals surface area contributed by atoms with E-state index in [1.807, 2.05) is 6.92 Å². The first kappa shape index (κ1) is 16.7. The van der Waals surface area contributed by atoms with E-state index in [1.165, 1.54) is 12.8 Å². The second-order valence-electron chi connectivity index (χ2n) is 6.23. The molecule has 0 aromatic rings. The van der Waals surface area contributed by atoms with Gasteiger partial charge in [-0.3, -0.25) is 4.79 Å². The van der Waals surface area contributed by atoms with Crippen LogP contribution in [0.25, 0.3) is 0 Å². The highest BCUT2D eigenvalue weighted by molar-refractivity contribution is 7.89. The number of nitrogens with zero attached hydrogens (tertiary/aromatic N) is 1. The number of carboxylic acids is 1. The highest BCUT2D eigenvalue weighted by Gasteiger charge is 2.39. The van der Waals surface area contributed by atoms with Crippen LogP contribution in [0.2, 0.25) is 0 Å². The van der Waals surface area contributed by atoms with Crippen LogP contribution in [0.15, 0.2) is 0 Å². The van der Waals surface area contributed by atoms with Crippen molar-refractivity contribution in [2.45, 2.75) is 57.6 Å². The Hall–Kier alpha value is -0.660. The summed E-state index contributed by atoms with van der Waals surface area (Å²) in [4.78, 5) is 11.1. The number of aliphatic carboxylic acids is 1. The van der Waals surface area contributed by atoms with Crippen molar-refractivity contribution in [3.05, 3.63) is 0 Å². The lowest BCUT2D eigenvalue weighted by atomic mass is 10.2. The Labute approximate surface area is 126 Å². The lowest BCUT2D eigenvalue weighted by Gasteiger charge is -2.23. The maximum absolute atomic E-state index is 12.4. The van der Waals surface area contributed by atoms with Crippen molar-refractivity contribution in [3.63, 3.8) is 0 Å². The van der Waals surface area contributed by atoms with Crippen molar-refractivity contribution < 1.29 is 23.1 Å². The molecule has 0 amide bonds. The number of carboxylic acid groups (broad SMARTS) is 1. The molecule has 0 aromatic carbocycles. The van der Waals surface area contributed by atoms with E-state index in [0.29, 0.717) is 26.0 Å². The zero-order valence-electron chi connectivity index (χ0n) is 12.5. The van der Waals surface area contributed by atoms with Crippen LogP contribution in [-0.2, 0) is 19.6 Å².